The first-order valence-corrected chi connectivity index (χ1v) is 11.3. The van der Waals surface area contributed by atoms with Crippen LogP contribution in [0.5, 0.6) is 0 Å². The average molecular weight is 389 g/mol. The van der Waals surface area contributed by atoms with Crippen molar-refractivity contribution in [3.8, 4) is 0 Å². The van der Waals surface area contributed by atoms with Crippen LogP contribution in [-0.2, 0) is 24.7 Å². The van der Waals surface area contributed by atoms with E-state index in [-0.39, 0.29) is 35.3 Å². The van der Waals surface area contributed by atoms with Gasteiger partial charge in [0.1, 0.15) is 0 Å². The molecule has 1 heterocycles. The van der Waals surface area contributed by atoms with Crippen molar-refractivity contribution in [3.05, 3.63) is 29.3 Å². The Hall–Kier alpha value is -1.45. The minimum absolute atomic E-state index is 0.0512. The smallest absolute Gasteiger partial charge is 0.240 e. The van der Waals surface area contributed by atoms with Crippen molar-refractivity contribution >= 4 is 25.8 Å². The summed E-state index contributed by atoms with van der Waals surface area (Å²) in [5.74, 6) is -0.397. The second-order valence-electron chi connectivity index (χ2n) is 6.87. The fourth-order valence-electron chi connectivity index (χ4n) is 2.88. The van der Waals surface area contributed by atoms with Crippen molar-refractivity contribution in [3.63, 3.8) is 0 Å². The molecule has 1 aliphatic heterocycles. The van der Waals surface area contributed by atoms with Crippen molar-refractivity contribution in [2.75, 3.05) is 18.1 Å². The lowest BCUT2D eigenvalue weighted by Gasteiger charge is -2.23. The third-order valence-corrected chi connectivity index (χ3v) is 7.73. The number of rotatable bonds is 6. The Balaban J connectivity index is 1.92. The van der Waals surface area contributed by atoms with E-state index in [2.05, 4.69) is 10.0 Å². The van der Waals surface area contributed by atoms with E-state index >= 15 is 0 Å². The van der Waals surface area contributed by atoms with Gasteiger partial charge in [-0.15, -0.1) is 0 Å². The van der Waals surface area contributed by atoms with Gasteiger partial charge in [0.2, 0.25) is 15.9 Å². The summed E-state index contributed by atoms with van der Waals surface area (Å²) in [5, 5.41) is 2.70. The fraction of sp³-hybridized carbons (Fsp3) is 0.562. The Bertz CT molecular complexity index is 878. The maximum absolute atomic E-state index is 12.4. The molecule has 0 unspecified atom stereocenters. The molecular weight excluding hydrogens is 364 g/mol. The van der Waals surface area contributed by atoms with Crippen LogP contribution in [0.1, 0.15) is 30.9 Å². The summed E-state index contributed by atoms with van der Waals surface area (Å²) in [7, 11) is -6.81. The zero-order chi connectivity index (χ0) is 18.9. The van der Waals surface area contributed by atoms with Gasteiger partial charge in [0.25, 0.3) is 0 Å². The van der Waals surface area contributed by atoms with Crippen molar-refractivity contribution in [2.45, 2.75) is 44.0 Å². The highest BCUT2D eigenvalue weighted by Gasteiger charge is 2.39. The minimum Gasteiger partial charge on any atom is -0.350 e. The Morgan fingerprint density at radius 3 is 2.56 bits per heavy atom. The molecule has 0 saturated carbocycles. The van der Waals surface area contributed by atoms with Gasteiger partial charge in [-0.2, -0.15) is 0 Å². The van der Waals surface area contributed by atoms with Crippen molar-refractivity contribution in [1.29, 1.82) is 0 Å². The zero-order valence-corrected chi connectivity index (χ0v) is 16.3. The monoisotopic (exact) mass is 388 g/mol. The fourth-order valence-corrected chi connectivity index (χ4v) is 6.33. The van der Waals surface area contributed by atoms with Crippen molar-refractivity contribution < 1.29 is 21.6 Å². The molecule has 2 N–H and O–H groups in total. The number of sulfone groups is 1. The average Bonchev–Trinajstić information content (AvgIpc) is 2.74. The third kappa shape index (κ3) is 5.26. The molecule has 0 bridgehead atoms. The highest BCUT2D eigenvalue weighted by molar-refractivity contribution is 7.91. The van der Waals surface area contributed by atoms with E-state index in [0.717, 1.165) is 5.56 Å². The first-order valence-electron chi connectivity index (χ1n) is 8.01. The molecule has 1 aromatic carbocycles. The third-order valence-electron chi connectivity index (χ3n) is 4.22. The van der Waals surface area contributed by atoms with E-state index in [1.165, 1.54) is 0 Å². The predicted molar refractivity (Wildman–Crippen MR) is 95.5 cm³/mol. The summed E-state index contributed by atoms with van der Waals surface area (Å²) in [6.07, 6.45) is 0.315. The second-order valence-corrected chi connectivity index (χ2v) is 10.8. The molecule has 1 saturated heterocycles. The lowest BCUT2D eigenvalue weighted by molar-refractivity contribution is -0.122. The number of nitrogens with one attached hydrogen (secondary N) is 2. The Morgan fingerprint density at radius 2 is 1.96 bits per heavy atom. The van der Waals surface area contributed by atoms with Gasteiger partial charge < -0.3 is 5.32 Å². The van der Waals surface area contributed by atoms with Crippen LogP contribution >= 0.6 is 0 Å². The Morgan fingerprint density at radius 1 is 1.28 bits per heavy atom. The molecule has 0 spiro atoms. The molecule has 0 aromatic heterocycles. The molecule has 0 aliphatic carbocycles. The molecule has 0 radical (unpaired) electrons. The molecule has 1 fully saturated rings. The van der Waals surface area contributed by atoms with Gasteiger partial charge in [0.15, 0.2) is 9.84 Å². The summed E-state index contributed by atoms with van der Waals surface area (Å²) >= 11 is 0. The first-order chi connectivity index (χ1) is 11.4. The van der Waals surface area contributed by atoms with E-state index in [1.54, 1.807) is 26.0 Å². The van der Waals surface area contributed by atoms with E-state index in [1.807, 2.05) is 13.0 Å². The lowest BCUT2D eigenvalue weighted by atomic mass is 10.0. The van der Waals surface area contributed by atoms with Gasteiger partial charge in [-0.3, -0.25) is 4.79 Å². The van der Waals surface area contributed by atoms with Crippen LogP contribution in [0.15, 0.2) is 23.1 Å². The van der Waals surface area contributed by atoms with Crippen molar-refractivity contribution in [1.82, 2.24) is 10.0 Å². The van der Waals surface area contributed by atoms with E-state index in [4.69, 9.17) is 0 Å². The van der Waals surface area contributed by atoms with Gasteiger partial charge in [-0.1, -0.05) is 12.1 Å². The SMILES string of the molecule is Cc1ccc(C)c(S(=O)(=O)NCCC(=O)N[C@]2(C)CCS(=O)(=O)C2)c1. The van der Waals surface area contributed by atoms with Crippen LogP contribution in [-0.4, -0.2) is 46.3 Å². The number of sulfonamides is 1. The van der Waals surface area contributed by atoms with Crippen LogP contribution in [0.25, 0.3) is 0 Å². The number of hydrogen-bond donors (Lipinski definition) is 2. The van der Waals surface area contributed by atoms with Gasteiger partial charge in [-0.25, -0.2) is 21.6 Å². The number of amides is 1. The second kappa shape index (κ2) is 7.05. The van der Waals surface area contributed by atoms with Crippen LogP contribution in [0.4, 0.5) is 0 Å². The van der Waals surface area contributed by atoms with Crippen molar-refractivity contribution in [2.24, 2.45) is 0 Å². The Kier molecular flexibility index (Phi) is 5.60. The highest BCUT2D eigenvalue weighted by atomic mass is 32.2. The number of hydrogen-bond acceptors (Lipinski definition) is 5. The quantitative estimate of drug-likeness (QED) is 0.744. The van der Waals surface area contributed by atoms with Gasteiger partial charge in [-0.05, 0) is 44.4 Å². The summed E-state index contributed by atoms with van der Waals surface area (Å²) in [4.78, 5) is 12.2. The molecular formula is C16H24N2O5S2. The largest absolute Gasteiger partial charge is 0.350 e. The van der Waals surface area contributed by atoms with Crippen LogP contribution in [0.2, 0.25) is 0 Å². The molecule has 7 nitrogen and oxygen atoms in total. The summed E-state index contributed by atoms with van der Waals surface area (Å²) in [6.45, 7) is 5.16. The normalized spacial score (nSPS) is 22.7. The van der Waals surface area contributed by atoms with Gasteiger partial charge in [0.05, 0.1) is 21.9 Å². The molecule has 1 aromatic rings. The number of aryl methyl sites for hydroxylation is 2. The zero-order valence-electron chi connectivity index (χ0n) is 14.6. The Labute approximate surface area is 149 Å². The number of benzene rings is 1. The van der Waals surface area contributed by atoms with E-state index in [9.17, 15) is 21.6 Å². The minimum atomic E-state index is -3.70. The molecule has 1 aliphatic rings. The highest BCUT2D eigenvalue weighted by Crippen LogP contribution is 2.22. The summed E-state index contributed by atoms with van der Waals surface area (Å²) < 4.78 is 50.2. The maximum atomic E-state index is 12.4. The van der Waals surface area contributed by atoms with E-state index < -0.39 is 25.4 Å². The molecule has 140 valence electrons. The maximum Gasteiger partial charge on any atom is 0.240 e. The van der Waals surface area contributed by atoms with Gasteiger partial charge in [0, 0.05) is 13.0 Å². The molecule has 9 heteroatoms. The lowest BCUT2D eigenvalue weighted by Crippen LogP contribution is -2.47. The van der Waals surface area contributed by atoms with Crippen LogP contribution < -0.4 is 10.0 Å². The number of carbonyl (C=O) groups excluding carboxylic acids is 1. The predicted octanol–water partition coefficient (Wildman–Crippen LogP) is 0.665. The standard InChI is InChI=1S/C16H24N2O5S2/c1-12-4-5-13(2)14(10-12)25(22,23)17-8-6-15(19)18-16(3)7-9-24(20,21)11-16/h4-5,10,17H,6-9,11H2,1-3H3,(H,18,19)/t16-/m1/s1. The number of carbonyl (C=O) groups is 1. The molecule has 2 rings (SSSR count). The summed E-state index contributed by atoms with van der Waals surface area (Å²) in [5.41, 5.74) is 0.687. The summed E-state index contributed by atoms with van der Waals surface area (Å²) in [6, 6.07) is 5.15. The first kappa shape index (κ1) is 19.9. The topological polar surface area (TPSA) is 109 Å². The van der Waals surface area contributed by atoms with Crippen LogP contribution in [0, 0.1) is 13.8 Å². The molecule has 1 atom stereocenters. The van der Waals surface area contributed by atoms with Crippen LogP contribution in [0.3, 0.4) is 0 Å². The van der Waals surface area contributed by atoms with Gasteiger partial charge >= 0.3 is 0 Å². The molecule has 25 heavy (non-hydrogen) atoms. The van der Waals surface area contributed by atoms with E-state index in [0.29, 0.717) is 12.0 Å². The molecule has 1 amide bonds.